The van der Waals surface area contributed by atoms with E-state index in [0.717, 1.165) is 17.9 Å². The summed E-state index contributed by atoms with van der Waals surface area (Å²) >= 11 is 0. The topological polar surface area (TPSA) is 40.5 Å². The Morgan fingerprint density at radius 3 is 2.89 bits per heavy atom. The number of hydrogen-bond donors (Lipinski definition) is 1. The summed E-state index contributed by atoms with van der Waals surface area (Å²) in [6.45, 7) is 2.34. The van der Waals surface area contributed by atoms with Gasteiger partial charge in [0.1, 0.15) is 0 Å². The van der Waals surface area contributed by atoms with E-state index in [1.807, 2.05) is 6.92 Å². The Morgan fingerprint density at radius 1 is 1.78 bits per heavy atom. The molecule has 1 rings (SSSR count). The van der Waals surface area contributed by atoms with Gasteiger partial charge in [0.2, 0.25) is 5.91 Å². The molecule has 1 atom stereocenters. The predicted octanol–water partition coefficient (Wildman–Crippen LogP) is 0.634. The van der Waals surface area contributed by atoms with Crippen molar-refractivity contribution in [1.82, 2.24) is 5.06 Å². The number of rotatable bonds is 0. The van der Waals surface area contributed by atoms with Crippen LogP contribution in [0.2, 0.25) is 0 Å². The molecule has 0 spiro atoms. The van der Waals surface area contributed by atoms with Crippen LogP contribution in [0.1, 0.15) is 19.8 Å². The molecule has 0 aromatic heterocycles. The molecule has 0 radical (unpaired) electrons. The van der Waals surface area contributed by atoms with Crippen LogP contribution < -0.4 is 0 Å². The van der Waals surface area contributed by atoms with Gasteiger partial charge in [0, 0.05) is 12.5 Å². The zero-order valence-corrected chi connectivity index (χ0v) is 5.50. The lowest BCUT2D eigenvalue weighted by Crippen LogP contribution is -2.37. The molecular formula is C6H11NO2. The molecule has 1 unspecified atom stereocenters. The second-order valence-electron chi connectivity index (χ2n) is 2.50. The first-order valence-corrected chi connectivity index (χ1v) is 3.22. The van der Waals surface area contributed by atoms with Gasteiger partial charge < -0.3 is 0 Å². The zero-order chi connectivity index (χ0) is 6.85. The van der Waals surface area contributed by atoms with Gasteiger partial charge in [-0.3, -0.25) is 10.0 Å². The molecule has 1 fully saturated rings. The maximum atomic E-state index is 10.8. The molecule has 1 N–H and O–H groups in total. The highest BCUT2D eigenvalue weighted by Gasteiger charge is 2.23. The average molecular weight is 129 g/mol. The maximum Gasteiger partial charge on any atom is 0.248 e. The summed E-state index contributed by atoms with van der Waals surface area (Å²) in [6.07, 6.45) is 1.83. The molecule has 0 bridgehead atoms. The van der Waals surface area contributed by atoms with Crippen LogP contribution in [0.4, 0.5) is 0 Å². The third kappa shape index (κ3) is 1.21. The number of piperidine rings is 1. The van der Waals surface area contributed by atoms with E-state index in [9.17, 15) is 4.79 Å². The molecule has 0 aromatic carbocycles. The summed E-state index contributed by atoms with van der Waals surface area (Å²) < 4.78 is 0. The monoisotopic (exact) mass is 129 g/mol. The van der Waals surface area contributed by atoms with Gasteiger partial charge in [0.25, 0.3) is 0 Å². The smallest absolute Gasteiger partial charge is 0.248 e. The molecule has 0 saturated carbocycles. The van der Waals surface area contributed by atoms with E-state index in [1.165, 1.54) is 0 Å². The number of carbonyl (C=O) groups excluding carboxylic acids is 1. The third-order valence-corrected chi connectivity index (χ3v) is 1.68. The average Bonchev–Trinajstić information content (AvgIpc) is 1.83. The SMILES string of the molecule is CC1CCCN(O)C1=O. The standard InChI is InChI=1S/C6H11NO2/c1-5-3-2-4-7(9)6(5)8/h5,9H,2-4H2,1H3. The van der Waals surface area contributed by atoms with Crippen molar-refractivity contribution >= 4 is 5.91 Å². The van der Waals surface area contributed by atoms with E-state index in [1.54, 1.807) is 0 Å². The van der Waals surface area contributed by atoms with Gasteiger partial charge in [-0.1, -0.05) is 6.92 Å². The van der Waals surface area contributed by atoms with Crippen molar-refractivity contribution in [3.05, 3.63) is 0 Å². The van der Waals surface area contributed by atoms with Gasteiger partial charge in [0.05, 0.1) is 0 Å². The van der Waals surface area contributed by atoms with Crippen LogP contribution >= 0.6 is 0 Å². The van der Waals surface area contributed by atoms with Crippen molar-refractivity contribution < 1.29 is 10.0 Å². The fourth-order valence-electron chi connectivity index (χ4n) is 1.04. The molecule has 3 nitrogen and oxygen atoms in total. The minimum Gasteiger partial charge on any atom is -0.286 e. The van der Waals surface area contributed by atoms with Crippen molar-refractivity contribution in [1.29, 1.82) is 0 Å². The summed E-state index contributed by atoms with van der Waals surface area (Å²) in [5.74, 6) is -0.120. The summed E-state index contributed by atoms with van der Waals surface area (Å²) in [5, 5.41) is 9.65. The number of carbonyl (C=O) groups is 1. The van der Waals surface area contributed by atoms with Gasteiger partial charge in [0.15, 0.2) is 0 Å². The largest absolute Gasteiger partial charge is 0.286 e. The summed E-state index contributed by atoms with van der Waals surface area (Å²) in [7, 11) is 0. The fourth-order valence-corrected chi connectivity index (χ4v) is 1.04. The highest BCUT2D eigenvalue weighted by molar-refractivity contribution is 5.77. The molecule has 1 aliphatic rings. The summed E-state index contributed by atoms with van der Waals surface area (Å²) in [5.41, 5.74) is 0. The normalized spacial score (nSPS) is 28.9. The maximum absolute atomic E-state index is 10.8. The van der Waals surface area contributed by atoms with Crippen LogP contribution in [0.5, 0.6) is 0 Å². The van der Waals surface area contributed by atoms with Crippen molar-refractivity contribution in [2.45, 2.75) is 19.8 Å². The predicted molar refractivity (Wildman–Crippen MR) is 31.9 cm³/mol. The van der Waals surface area contributed by atoms with Crippen LogP contribution in [0.15, 0.2) is 0 Å². The Morgan fingerprint density at radius 2 is 2.44 bits per heavy atom. The summed E-state index contributed by atoms with van der Waals surface area (Å²) in [4.78, 5) is 10.8. The molecule has 1 amide bonds. The van der Waals surface area contributed by atoms with Crippen molar-refractivity contribution in [3.8, 4) is 0 Å². The van der Waals surface area contributed by atoms with Gasteiger partial charge in [-0.2, -0.15) is 0 Å². The number of hydrogen-bond acceptors (Lipinski definition) is 2. The molecule has 1 saturated heterocycles. The van der Waals surface area contributed by atoms with E-state index in [0.29, 0.717) is 6.54 Å². The summed E-state index contributed by atoms with van der Waals surface area (Å²) in [6, 6.07) is 0. The minimum absolute atomic E-state index is 0.0174. The second-order valence-corrected chi connectivity index (χ2v) is 2.50. The van der Waals surface area contributed by atoms with Crippen molar-refractivity contribution in [3.63, 3.8) is 0 Å². The second kappa shape index (κ2) is 2.35. The van der Waals surface area contributed by atoms with Crippen LogP contribution in [-0.4, -0.2) is 22.7 Å². The number of amides is 1. The van der Waals surface area contributed by atoms with Crippen molar-refractivity contribution in [2.75, 3.05) is 6.54 Å². The number of nitrogens with zero attached hydrogens (tertiary/aromatic N) is 1. The first-order chi connectivity index (χ1) is 4.22. The van der Waals surface area contributed by atoms with Crippen LogP contribution in [0.3, 0.4) is 0 Å². The van der Waals surface area contributed by atoms with E-state index >= 15 is 0 Å². The van der Waals surface area contributed by atoms with E-state index in [-0.39, 0.29) is 11.8 Å². The first-order valence-electron chi connectivity index (χ1n) is 3.22. The molecular weight excluding hydrogens is 118 g/mol. The Hall–Kier alpha value is -0.570. The van der Waals surface area contributed by atoms with E-state index in [2.05, 4.69) is 0 Å². The van der Waals surface area contributed by atoms with Gasteiger partial charge in [-0.05, 0) is 12.8 Å². The Labute approximate surface area is 54.2 Å². The quantitative estimate of drug-likeness (QED) is 0.487. The highest BCUT2D eigenvalue weighted by Crippen LogP contribution is 2.14. The molecule has 52 valence electrons. The lowest BCUT2D eigenvalue weighted by Gasteiger charge is -2.24. The zero-order valence-electron chi connectivity index (χ0n) is 5.50. The van der Waals surface area contributed by atoms with E-state index < -0.39 is 0 Å². The van der Waals surface area contributed by atoms with E-state index in [4.69, 9.17) is 5.21 Å². The van der Waals surface area contributed by atoms with Crippen LogP contribution in [0, 0.1) is 5.92 Å². The van der Waals surface area contributed by atoms with Gasteiger partial charge in [-0.15, -0.1) is 0 Å². The molecule has 0 aliphatic carbocycles. The number of hydroxylamine groups is 2. The lowest BCUT2D eigenvalue weighted by molar-refractivity contribution is -0.175. The molecule has 9 heavy (non-hydrogen) atoms. The fraction of sp³-hybridized carbons (Fsp3) is 0.833. The molecule has 0 aromatic rings. The minimum atomic E-state index is -0.138. The molecule has 1 aliphatic heterocycles. The Kier molecular flexibility index (Phi) is 1.71. The Bertz CT molecular complexity index is 112. The van der Waals surface area contributed by atoms with Gasteiger partial charge in [-0.25, -0.2) is 5.06 Å². The first kappa shape index (κ1) is 6.55. The third-order valence-electron chi connectivity index (χ3n) is 1.68. The van der Waals surface area contributed by atoms with Crippen LogP contribution in [-0.2, 0) is 4.79 Å². The highest BCUT2D eigenvalue weighted by atomic mass is 16.5. The molecule has 1 heterocycles. The molecule has 3 heteroatoms. The van der Waals surface area contributed by atoms with Crippen LogP contribution in [0.25, 0.3) is 0 Å². The van der Waals surface area contributed by atoms with Gasteiger partial charge >= 0.3 is 0 Å². The lowest BCUT2D eigenvalue weighted by atomic mass is 10.0. The van der Waals surface area contributed by atoms with Crippen molar-refractivity contribution in [2.24, 2.45) is 5.92 Å². The Balaban J connectivity index is 2.52.